The third kappa shape index (κ3) is 3.36. The van der Waals surface area contributed by atoms with Gasteiger partial charge in [0, 0.05) is 0 Å². The first-order valence-electron chi connectivity index (χ1n) is 5.51. The molecule has 1 unspecified atom stereocenters. The van der Waals surface area contributed by atoms with Crippen LogP contribution in [0, 0.1) is 17.2 Å². The molecule has 1 saturated carbocycles. The molecule has 0 spiro atoms. The van der Waals surface area contributed by atoms with Crippen LogP contribution in [-0.2, 0) is 0 Å². The Hall–Kier alpha value is -0.550. The smallest absolute Gasteiger partial charge is 0.0981 e. The number of hydrogen-bond donors (Lipinski definition) is 1. The van der Waals surface area contributed by atoms with Gasteiger partial charge in [-0.25, -0.2) is 0 Å². The van der Waals surface area contributed by atoms with E-state index in [9.17, 15) is 0 Å². The Morgan fingerprint density at radius 2 is 2.08 bits per heavy atom. The lowest BCUT2D eigenvalue weighted by atomic mass is 9.84. The van der Waals surface area contributed by atoms with Crippen LogP contribution in [0.25, 0.3) is 0 Å². The van der Waals surface area contributed by atoms with Crippen LogP contribution in [0.5, 0.6) is 0 Å². The molecule has 1 aliphatic carbocycles. The van der Waals surface area contributed by atoms with Gasteiger partial charge in [0.2, 0.25) is 0 Å². The van der Waals surface area contributed by atoms with Crippen molar-refractivity contribution in [2.75, 3.05) is 6.54 Å². The van der Waals surface area contributed by atoms with E-state index in [0.29, 0.717) is 5.92 Å². The fourth-order valence-corrected chi connectivity index (χ4v) is 2.09. The van der Waals surface area contributed by atoms with Gasteiger partial charge in [0.25, 0.3) is 0 Å². The topological polar surface area (TPSA) is 35.8 Å². The molecule has 0 aromatic carbocycles. The van der Waals surface area contributed by atoms with Gasteiger partial charge in [0.15, 0.2) is 0 Å². The number of nitrogens with one attached hydrogen (secondary N) is 1. The summed E-state index contributed by atoms with van der Waals surface area (Å²) in [5, 5.41) is 12.3. The van der Waals surface area contributed by atoms with Crippen molar-refractivity contribution in [2.45, 2.75) is 51.5 Å². The molecular formula is C11H20N2. The largest absolute Gasteiger partial charge is 0.302 e. The highest BCUT2D eigenvalue weighted by molar-refractivity contribution is 4.95. The summed E-state index contributed by atoms with van der Waals surface area (Å²) in [7, 11) is 0. The van der Waals surface area contributed by atoms with Crippen molar-refractivity contribution < 1.29 is 0 Å². The second kappa shape index (κ2) is 5.99. The summed E-state index contributed by atoms with van der Waals surface area (Å²) in [4.78, 5) is 0. The molecule has 0 aliphatic heterocycles. The van der Waals surface area contributed by atoms with Crippen LogP contribution in [0.1, 0.15) is 45.4 Å². The Kier molecular flexibility index (Phi) is 4.85. The van der Waals surface area contributed by atoms with Gasteiger partial charge >= 0.3 is 0 Å². The molecule has 2 nitrogen and oxygen atoms in total. The molecule has 2 heteroatoms. The molecule has 0 aromatic heterocycles. The van der Waals surface area contributed by atoms with Crippen molar-refractivity contribution in [3.63, 3.8) is 0 Å². The van der Waals surface area contributed by atoms with Crippen LogP contribution in [0.3, 0.4) is 0 Å². The summed E-state index contributed by atoms with van der Waals surface area (Å²) in [6.45, 7) is 3.12. The lowest BCUT2D eigenvalue weighted by Gasteiger charge is -2.26. The molecular weight excluding hydrogens is 160 g/mol. The maximum absolute atomic E-state index is 8.99. The van der Waals surface area contributed by atoms with E-state index < -0.39 is 0 Å². The summed E-state index contributed by atoms with van der Waals surface area (Å²) in [5.74, 6) is 0.616. The normalized spacial score (nSPS) is 20.9. The van der Waals surface area contributed by atoms with Gasteiger partial charge in [0.1, 0.15) is 0 Å². The molecule has 1 fully saturated rings. The zero-order valence-corrected chi connectivity index (χ0v) is 8.55. The van der Waals surface area contributed by atoms with Gasteiger partial charge in [0.05, 0.1) is 12.1 Å². The van der Waals surface area contributed by atoms with Crippen LogP contribution < -0.4 is 5.32 Å². The molecule has 0 aromatic rings. The highest BCUT2D eigenvalue weighted by atomic mass is 14.9. The van der Waals surface area contributed by atoms with Gasteiger partial charge in [-0.2, -0.15) is 5.26 Å². The van der Waals surface area contributed by atoms with E-state index in [0.717, 1.165) is 13.0 Å². The maximum atomic E-state index is 8.99. The zero-order chi connectivity index (χ0) is 9.52. The van der Waals surface area contributed by atoms with Crippen molar-refractivity contribution in [2.24, 2.45) is 5.92 Å². The Bertz CT molecular complexity index is 165. The van der Waals surface area contributed by atoms with Crippen molar-refractivity contribution in [1.82, 2.24) is 5.32 Å². The molecule has 74 valence electrons. The van der Waals surface area contributed by atoms with E-state index in [1.54, 1.807) is 0 Å². The molecule has 1 rings (SSSR count). The molecule has 0 radical (unpaired) electrons. The van der Waals surface area contributed by atoms with Gasteiger partial charge < -0.3 is 5.32 Å². The molecule has 1 aliphatic rings. The Balaban J connectivity index is 2.31. The lowest BCUT2D eigenvalue weighted by molar-refractivity contribution is 0.305. The third-order valence-corrected chi connectivity index (χ3v) is 2.87. The van der Waals surface area contributed by atoms with Crippen LogP contribution in [0.4, 0.5) is 0 Å². The monoisotopic (exact) mass is 180 g/mol. The maximum Gasteiger partial charge on any atom is 0.0981 e. The van der Waals surface area contributed by atoms with Crippen LogP contribution in [0.2, 0.25) is 0 Å². The fraction of sp³-hybridized carbons (Fsp3) is 0.909. The van der Waals surface area contributed by atoms with Crippen LogP contribution >= 0.6 is 0 Å². The fourth-order valence-electron chi connectivity index (χ4n) is 2.09. The minimum atomic E-state index is 0.111. The zero-order valence-electron chi connectivity index (χ0n) is 8.55. The van der Waals surface area contributed by atoms with Crippen molar-refractivity contribution in [3.05, 3.63) is 0 Å². The lowest BCUT2D eigenvalue weighted by Crippen LogP contribution is -2.36. The van der Waals surface area contributed by atoms with E-state index in [1.165, 1.54) is 32.1 Å². The van der Waals surface area contributed by atoms with Gasteiger partial charge in [-0.05, 0) is 31.7 Å². The van der Waals surface area contributed by atoms with Crippen molar-refractivity contribution in [3.8, 4) is 6.07 Å². The van der Waals surface area contributed by atoms with E-state index in [2.05, 4.69) is 18.3 Å². The number of rotatable bonds is 4. The predicted octanol–water partition coefficient (Wildman–Crippen LogP) is 2.46. The third-order valence-electron chi connectivity index (χ3n) is 2.87. The van der Waals surface area contributed by atoms with Crippen molar-refractivity contribution >= 4 is 0 Å². The predicted molar refractivity (Wildman–Crippen MR) is 54.3 cm³/mol. The molecule has 0 heterocycles. The summed E-state index contributed by atoms with van der Waals surface area (Å²) in [5.41, 5.74) is 0. The Morgan fingerprint density at radius 3 is 2.62 bits per heavy atom. The summed E-state index contributed by atoms with van der Waals surface area (Å²) in [6.07, 6.45) is 7.60. The first-order chi connectivity index (χ1) is 6.38. The average Bonchev–Trinajstić information content (AvgIpc) is 2.21. The first-order valence-corrected chi connectivity index (χ1v) is 5.51. The van der Waals surface area contributed by atoms with E-state index in [-0.39, 0.29) is 6.04 Å². The SMILES string of the molecule is CCCNC(C#N)C1CCCCC1. The summed E-state index contributed by atoms with van der Waals surface area (Å²) >= 11 is 0. The van der Waals surface area contributed by atoms with Crippen molar-refractivity contribution in [1.29, 1.82) is 5.26 Å². The quantitative estimate of drug-likeness (QED) is 0.721. The minimum Gasteiger partial charge on any atom is -0.302 e. The van der Waals surface area contributed by atoms with Gasteiger partial charge in [-0.15, -0.1) is 0 Å². The van der Waals surface area contributed by atoms with Crippen LogP contribution in [-0.4, -0.2) is 12.6 Å². The summed E-state index contributed by atoms with van der Waals surface area (Å²) < 4.78 is 0. The number of nitriles is 1. The van der Waals surface area contributed by atoms with E-state index >= 15 is 0 Å². The number of hydrogen-bond acceptors (Lipinski definition) is 2. The molecule has 1 N–H and O–H groups in total. The van der Waals surface area contributed by atoms with E-state index in [1.807, 2.05) is 0 Å². The van der Waals surface area contributed by atoms with Crippen LogP contribution in [0.15, 0.2) is 0 Å². The number of nitrogens with zero attached hydrogens (tertiary/aromatic N) is 1. The average molecular weight is 180 g/mol. The second-order valence-corrected chi connectivity index (χ2v) is 3.96. The standard InChI is InChI=1S/C11H20N2/c1-2-8-13-11(9-12)10-6-4-3-5-7-10/h10-11,13H,2-8H2,1H3. The molecule has 1 atom stereocenters. The first kappa shape index (κ1) is 10.5. The van der Waals surface area contributed by atoms with Gasteiger partial charge in [-0.3, -0.25) is 0 Å². The molecule has 13 heavy (non-hydrogen) atoms. The van der Waals surface area contributed by atoms with E-state index in [4.69, 9.17) is 5.26 Å². The second-order valence-electron chi connectivity index (χ2n) is 3.96. The highest BCUT2D eigenvalue weighted by Gasteiger charge is 2.22. The Morgan fingerprint density at radius 1 is 1.38 bits per heavy atom. The Labute approximate surface area is 81.3 Å². The molecule has 0 amide bonds. The molecule has 0 saturated heterocycles. The van der Waals surface area contributed by atoms with Gasteiger partial charge in [-0.1, -0.05) is 26.2 Å². The highest BCUT2D eigenvalue weighted by Crippen LogP contribution is 2.26. The molecule has 0 bridgehead atoms. The summed E-state index contributed by atoms with van der Waals surface area (Å²) in [6, 6.07) is 2.51. The minimum absolute atomic E-state index is 0.111.